The monoisotopic (exact) mass is 292 g/mol. The summed E-state index contributed by atoms with van der Waals surface area (Å²) in [5.41, 5.74) is 0. The van der Waals surface area contributed by atoms with Crippen LogP contribution in [0.15, 0.2) is 0 Å². The maximum atomic E-state index is 13.8. The number of carbonyl (C=O) groups is 3. The Bertz CT molecular complexity index is 369. The topological polar surface area (TPSA) is 88.1 Å². The maximum absolute atomic E-state index is 13.8. The first-order valence-electron chi connectivity index (χ1n) is 6.03. The number of halogens is 1. The zero-order valence-electron chi connectivity index (χ0n) is 11.6. The Hall–Kier alpha value is -1.70. The molecule has 0 aliphatic carbocycles. The molecule has 0 amide bonds. The highest BCUT2D eigenvalue weighted by molar-refractivity contribution is 5.68. The van der Waals surface area contributed by atoms with E-state index in [9.17, 15) is 18.8 Å². The highest BCUT2D eigenvalue weighted by Crippen LogP contribution is 2.29. The summed E-state index contributed by atoms with van der Waals surface area (Å²) >= 11 is 0. The van der Waals surface area contributed by atoms with Crippen molar-refractivity contribution in [3.63, 3.8) is 0 Å². The van der Waals surface area contributed by atoms with Gasteiger partial charge in [0.25, 0.3) is 0 Å². The predicted molar refractivity (Wildman–Crippen MR) is 62.1 cm³/mol. The average molecular weight is 292 g/mol. The van der Waals surface area contributed by atoms with Crippen LogP contribution >= 0.6 is 0 Å². The molecule has 1 fully saturated rings. The SMILES string of the molecule is CC(=O)O[C@@H]1[C@@H](OC(C)=O)[C@H](C)O[C@H](F)[C@H]1OC(C)=O. The van der Waals surface area contributed by atoms with Crippen LogP contribution in [0.25, 0.3) is 0 Å². The Kier molecular flexibility index (Phi) is 5.43. The third kappa shape index (κ3) is 4.16. The second-order valence-corrected chi connectivity index (χ2v) is 4.41. The van der Waals surface area contributed by atoms with Crippen molar-refractivity contribution in [2.75, 3.05) is 0 Å². The second kappa shape index (κ2) is 6.65. The van der Waals surface area contributed by atoms with E-state index in [2.05, 4.69) is 0 Å². The summed E-state index contributed by atoms with van der Waals surface area (Å²) in [7, 11) is 0. The molecule has 0 aromatic rings. The summed E-state index contributed by atoms with van der Waals surface area (Å²) < 4.78 is 33.4. The van der Waals surface area contributed by atoms with Gasteiger partial charge in [0, 0.05) is 20.8 Å². The number of ether oxygens (including phenoxy) is 4. The first kappa shape index (κ1) is 16.4. The standard InChI is InChI=1S/C12H17FO7/c1-5-9(18-6(2)14)10(19-7(3)15)11(12(13)17-5)20-8(4)16/h5,9-12H,1-4H3/t5-,9-,10+,11-,12-/m0/s1. The summed E-state index contributed by atoms with van der Waals surface area (Å²) in [6, 6.07) is 0. The van der Waals surface area contributed by atoms with Crippen LogP contribution in [-0.4, -0.2) is 48.7 Å². The van der Waals surface area contributed by atoms with Crippen LogP contribution in [0.4, 0.5) is 4.39 Å². The van der Waals surface area contributed by atoms with Gasteiger partial charge in [-0.15, -0.1) is 0 Å². The molecule has 0 radical (unpaired) electrons. The Morgan fingerprint density at radius 2 is 1.25 bits per heavy atom. The van der Waals surface area contributed by atoms with E-state index in [0.717, 1.165) is 20.8 Å². The van der Waals surface area contributed by atoms with E-state index in [0.29, 0.717) is 0 Å². The summed E-state index contributed by atoms with van der Waals surface area (Å²) in [4.78, 5) is 33.2. The average Bonchev–Trinajstić information content (AvgIpc) is 2.27. The van der Waals surface area contributed by atoms with Crippen LogP contribution in [-0.2, 0) is 33.3 Å². The van der Waals surface area contributed by atoms with Gasteiger partial charge >= 0.3 is 17.9 Å². The van der Waals surface area contributed by atoms with Gasteiger partial charge in [0.05, 0.1) is 6.10 Å². The van der Waals surface area contributed by atoms with Crippen molar-refractivity contribution in [2.45, 2.75) is 58.5 Å². The fourth-order valence-electron chi connectivity index (χ4n) is 1.96. The predicted octanol–water partition coefficient (Wildman–Crippen LogP) is 0.496. The molecule has 1 rings (SSSR count). The molecule has 0 saturated carbocycles. The van der Waals surface area contributed by atoms with E-state index in [4.69, 9.17) is 18.9 Å². The molecule has 7 nitrogen and oxygen atoms in total. The van der Waals surface area contributed by atoms with Gasteiger partial charge in [0.1, 0.15) is 0 Å². The molecule has 114 valence electrons. The van der Waals surface area contributed by atoms with Crippen molar-refractivity contribution in [2.24, 2.45) is 0 Å². The summed E-state index contributed by atoms with van der Waals surface area (Å²) in [6.45, 7) is 4.81. The van der Waals surface area contributed by atoms with Crippen molar-refractivity contribution >= 4 is 17.9 Å². The molecule has 1 aliphatic rings. The van der Waals surface area contributed by atoms with Crippen molar-refractivity contribution < 1.29 is 37.7 Å². The van der Waals surface area contributed by atoms with Crippen molar-refractivity contribution in [3.05, 3.63) is 0 Å². The molecule has 0 N–H and O–H groups in total. The highest BCUT2D eigenvalue weighted by atomic mass is 19.1. The minimum absolute atomic E-state index is 0.651. The fourth-order valence-corrected chi connectivity index (χ4v) is 1.96. The number of rotatable bonds is 3. The van der Waals surface area contributed by atoms with Crippen LogP contribution in [0.5, 0.6) is 0 Å². The van der Waals surface area contributed by atoms with E-state index >= 15 is 0 Å². The lowest BCUT2D eigenvalue weighted by atomic mass is 9.99. The van der Waals surface area contributed by atoms with Crippen LogP contribution in [0.2, 0.25) is 0 Å². The lowest BCUT2D eigenvalue weighted by molar-refractivity contribution is -0.268. The molecule has 1 heterocycles. The third-order valence-electron chi connectivity index (χ3n) is 2.62. The lowest BCUT2D eigenvalue weighted by Gasteiger charge is -2.40. The van der Waals surface area contributed by atoms with E-state index < -0.39 is 48.7 Å². The zero-order valence-corrected chi connectivity index (χ0v) is 11.6. The van der Waals surface area contributed by atoms with E-state index in [1.54, 1.807) is 0 Å². The first-order chi connectivity index (χ1) is 9.22. The van der Waals surface area contributed by atoms with Crippen LogP contribution < -0.4 is 0 Å². The summed E-state index contributed by atoms with van der Waals surface area (Å²) in [5, 5.41) is 0. The lowest BCUT2D eigenvalue weighted by Crippen LogP contribution is -2.59. The fraction of sp³-hybridized carbons (Fsp3) is 0.750. The van der Waals surface area contributed by atoms with E-state index in [1.165, 1.54) is 6.92 Å². The Labute approximate surface area is 115 Å². The van der Waals surface area contributed by atoms with Crippen LogP contribution in [0, 0.1) is 0 Å². The van der Waals surface area contributed by atoms with Crippen LogP contribution in [0.1, 0.15) is 27.7 Å². The number of esters is 3. The molecule has 8 heteroatoms. The molecule has 0 spiro atoms. The Morgan fingerprint density at radius 1 is 0.850 bits per heavy atom. The molecule has 1 saturated heterocycles. The van der Waals surface area contributed by atoms with Crippen molar-refractivity contribution in [1.29, 1.82) is 0 Å². The summed E-state index contributed by atoms with van der Waals surface area (Å²) in [6.07, 6.45) is -6.65. The van der Waals surface area contributed by atoms with Gasteiger partial charge < -0.3 is 18.9 Å². The zero-order chi connectivity index (χ0) is 15.4. The van der Waals surface area contributed by atoms with E-state index in [1.807, 2.05) is 0 Å². The number of hydrogen-bond acceptors (Lipinski definition) is 7. The van der Waals surface area contributed by atoms with E-state index in [-0.39, 0.29) is 0 Å². The largest absolute Gasteiger partial charge is 0.456 e. The molecular formula is C12H17FO7. The van der Waals surface area contributed by atoms with Gasteiger partial charge in [-0.25, -0.2) is 4.39 Å². The maximum Gasteiger partial charge on any atom is 0.303 e. The number of alkyl halides is 1. The van der Waals surface area contributed by atoms with Gasteiger partial charge in [-0.2, -0.15) is 0 Å². The van der Waals surface area contributed by atoms with Gasteiger partial charge in [-0.05, 0) is 6.92 Å². The Morgan fingerprint density at radius 3 is 1.70 bits per heavy atom. The van der Waals surface area contributed by atoms with Gasteiger partial charge in [0.2, 0.25) is 6.36 Å². The molecule has 0 unspecified atom stereocenters. The molecule has 0 aromatic heterocycles. The number of hydrogen-bond donors (Lipinski definition) is 0. The minimum atomic E-state index is -1.98. The van der Waals surface area contributed by atoms with Gasteiger partial charge in [-0.3, -0.25) is 14.4 Å². The molecule has 0 bridgehead atoms. The Balaban J connectivity index is 3.01. The van der Waals surface area contributed by atoms with Gasteiger partial charge in [0.15, 0.2) is 18.3 Å². The normalized spacial score (nSPS) is 33.1. The molecule has 0 aromatic carbocycles. The minimum Gasteiger partial charge on any atom is -0.456 e. The summed E-state index contributed by atoms with van der Waals surface area (Å²) in [5.74, 6) is -2.14. The molecule has 20 heavy (non-hydrogen) atoms. The van der Waals surface area contributed by atoms with Crippen LogP contribution in [0.3, 0.4) is 0 Å². The molecular weight excluding hydrogens is 275 g/mol. The first-order valence-corrected chi connectivity index (χ1v) is 6.03. The quantitative estimate of drug-likeness (QED) is 0.552. The molecule has 5 atom stereocenters. The molecule has 1 aliphatic heterocycles. The number of carbonyl (C=O) groups excluding carboxylic acids is 3. The highest BCUT2D eigenvalue weighted by Gasteiger charge is 2.50. The van der Waals surface area contributed by atoms with Crippen molar-refractivity contribution in [3.8, 4) is 0 Å². The third-order valence-corrected chi connectivity index (χ3v) is 2.62. The second-order valence-electron chi connectivity index (χ2n) is 4.41. The van der Waals surface area contributed by atoms with Gasteiger partial charge in [-0.1, -0.05) is 0 Å². The van der Waals surface area contributed by atoms with Crippen molar-refractivity contribution in [1.82, 2.24) is 0 Å². The smallest absolute Gasteiger partial charge is 0.303 e.